The fraction of sp³-hybridized carbons (Fsp3) is 0.898. The van der Waals surface area contributed by atoms with Crippen LogP contribution >= 0.6 is 0 Å². The van der Waals surface area contributed by atoms with Gasteiger partial charge in [-0.25, -0.2) is 0 Å². The molecule has 6 heteroatoms. The zero-order chi connectivity index (χ0) is 40.3. The largest absolute Gasteiger partial charge is 0.394 e. The summed E-state index contributed by atoms with van der Waals surface area (Å²) >= 11 is 0. The Morgan fingerprint density at radius 1 is 0.436 bits per heavy atom. The molecule has 0 aliphatic heterocycles. The maximum atomic E-state index is 12.5. The van der Waals surface area contributed by atoms with E-state index in [1.807, 2.05) is 0 Å². The number of amides is 1. The maximum Gasteiger partial charge on any atom is 0.249 e. The quantitative estimate of drug-likeness (QED) is 0.0313. The minimum absolute atomic E-state index is 0.361. The van der Waals surface area contributed by atoms with Crippen molar-refractivity contribution in [2.24, 2.45) is 0 Å². The molecule has 4 atom stereocenters. The van der Waals surface area contributed by atoms with Crippen LogP contribution in [-0.4, -0.2) is 57.3 Å². The predicted molar refractivity (Wildman–Crippen MR) is 237 cm³/mol. The summed E-state index contributed by atoms with van der Waals surface area (Å²) in [6.07, 6.45) is 50.8. The standard InChI is InChI=1S/C49H95NO5/c1-3-5-7-9-11-13-15-17-19-20-21-22-23-24-25-26-27-29-31-33-35-37-39-41-43-47(53)49(55)50-45(44-51)48(54)46(52)42-40-38-36-34-32-30-28-18-16-14-12-10-8-6-4-2/h24-25,34,36,45-48,51-54H,3-23,26-33,35,37-44H2,1-2H3,(H,50,55)/b25-24-,36-34+. The van der Waals surface area contributed by atoms with E-state index in [4.69, 9.17) is 0 Å². The summed E-state index contributed by atoms with van der Waals surface area (Å²) in [5.41, 5.74) is 0. The lowest BCUT2D eigenvalue weighted by Gasteiger charge is -2.27. The van der Waals surface area contributed by atoms with E-state index in [2.05, 4.69) is 43.5 Å². The highest BCUT2D eigenvalue weighted by molar-refractivity contribution is 5.80. The van der Waals surface area contributed by atoms with Gasteiger partial charge in [0.1, 0.15) is 12.2 Å². The molecule has 6 nitrogen and oxygen atoms in total. The fourth-order valence-electron chi connectivity index (χ4n) is 7.52. The molecule has 1 amide bonds. The van der Waals surface area contributed by atoms with Gasteiger partial charge in [-0.15, -0.1) is 0 Å². The molecular weight excluding hydrogens is 683 g/mol. The first-order valence-electron chi connectivity index (χ1n) is 24.2. The lowest BCUT2D eigenvalue weighted by atomic mass is 10.00. The van der Waals surface area contributed by atoms with Crippen molar-refractivity contribution in [3.05, 3.63) is 24.3 Å². The first-order valence-corrected chi connectivity index (χ1v) is 24.2. The van der Waals surface area contributed by atoms with Gasteiger partial charge in [-0.1, -0.05) is 212 Å². The highest BCUT2D eigenvalue weighted by atomic mass is 16.3. The number of carbonyl (C=O) groups is 1. The SMILES string of the molecule is CCCCCCCCCCCC/C=C/CCCC(O)C(O)C(CO)NC(=O)C(O)CCCCCCCCCC/C=C\CCCCCCCCCCCCCC. The maximum absolute atomic E-state index is 12.5. The average molecular weight is 778 g/mol. The van der Waals surface area contributed by atoms with E-state index in [0.29, 0.717) is 12.8 Å². The molecule has 326 valence electrons. The number of unbranched alkanes of at least 4 members (excludes halogenated alkanes) is 31. The van der Waals surface area contributed by atoms with Crippen LogP contribution < -0.4 is 5.32 Å². The lowest BCUT2D eigenvalue weighted by molar-refractivity contribution is -0.132. The van der Waals surface area contributed by atoms with Crippen molar-refractivity contribution in [1.29, 1.82) is 0 Å². The Bertz CT molecular complexity index is 832. The molecule has 0 aromatic heterocycles. The number of nitrogens with one attached hydrogen (secondary N) is 1. The molecule has 0 saturated heterocycles. The molecule has 0 aromatic carbocycles. The second-order valence-electron chi connectivity index (χ2n) is 16.8. The van der Waals surface area contributed by atoms with Crippen LogP contribution in [0.3, 0.4) is 0 Å². The Labute approximate surface area is 342 Å². The van der Waals surface area contributed by atoms with Gasteiger partial charge in [0.15, 0.2) is 0 Å². The van der Waals surface area contributed by atoms with E-state index in [9.17, 15) is 25.2 Å². The summed E-state index contributed by atoms with van der Waals surface area (Å²) in [5.74, 6) is -0.594. The third-order valence-corrected chi connectivity index (χ3v) is 11.4. The average Bonchev–Trinajstić information content (AvgIpc) is 3.19. The predicted octanol–water partition coefficient (Wildman–Crippen LogP) is 13.1. The van der Waals surface area contributed by atoms with Gasteiger partial charge < -0.3 is 25.7 Å². The summed E-state index contributed by atoms with van der Waals surface area (Å²) in [4.78, 5) is 12.5. The number of aliphatic hydroxyl groups excluding tert-OH is 4. The Morgan fingerprint density at radius 2 is 0.745 bits per heavy atom. The molecule has 0 bridgehead atoms. The first-order chi connectivity index (χ1) is 27.0. The summed E-state index contributed by atoms with van der Waals surface area (Å²) < 4.78 is 0. The van der Waals surface area contributed by atoms with E-state index in [1.54, 1.807) is 0 Å². The molecular formula is C49H95NO5. The summed E-state index contributed by atoms with van der Waals surface area (Å²) in [5, 5.41) is 43.7. The van der Waals surface area contributed by atoms with Gasteiger partial charge in [0.2, 0.25) is 5.91 Å². The number of allylic oxidation sites excluding steroid dienone is 4. The van der Waals surface area contributed by atoms with Crippen molar-refractivity contribution in [1.82, 2.24) is 5.32 Å². The number of carbonyl (C=O) groups excluding carboxylic acids is 1. The zero-order valence-corrected chi connectivity index (χ0v) is 36.7. The number of rotatable bonds is 44. The molecule has 0 spiro atoms. The van der Waals surface area contributed by atoms with Crippen molar-refractivity contribution in [3.63, 3.8) is 0 Å². The highest BCUT2D eigenvalue weighted by Gasteiger charge is 2.28. The van der Waals surface area contributed by atoms with E-state index < -0.39 is 36.9 Å². The smallest absolute Gasteiger partial charge is 0.249 e. The second kappa shape index (κ2) is 43.9. The third-order valence-electron chi connectivity index (χ3n) is 11.4. The van der Waals surface area contributed by atoms with Crippen LogP contribution in [0.2, 0.25) is 0 Å². The van der Waals surface area contributed by atoms with Crippen LogP contribution in [0.15, 0.2) is 24.3 Å². The minimum Gasteiger partial charge on any atom is -0.394 e. The molecule has 0 aliphatic carbocycles. The third kappa shape index (κ3) is 38.1. The Balaban J connectivity index is 3.70. The van der Waals surface area contributed by atoms with Crippen LogP contribution in [0.25, 0.3) is 0 Å². The van der Waals surface area contributed by atoms with Crippen molar-refractivity contribution in [3.8, 4) is 0 Å². The monoisotopic (exact) mass is 778 g/mol. The molecule has 0 aliphatic rings. The van der Waals surface area contributed by atoms with Gasteiger partial charge in [0.25, 0.3) is 0 Å². The van der Waals surface area contributed by atoms with Crippen molar-refractivity contribution in [2.75, 3.05) is 6.61 Å². The van der Waals surface area contributed by atoms with Gasteiger partial charge in [0.05, 0.1) is 18.8 Å². The van der Waals surface area contributed by atoms with E-state index in [0.717, 1.165) is 38.5 Å². The molecule has 0 radical (unpaired) electrons. The van der Waals surface area contributed by atoms with Crippen LogP contribution in [0.4, 0.5) is 0 Å². The van der Waals surface area contributed by atoms with Gasteiger partial charge in [-0.05, 0) is 64.2 Å². The van der Waals surface area contributed by atoms with Crippen LogP contribution in [0.5, 0.6) is 0 Å². The van der Waals surface area contributed by atoms with Crippen LogP contribution in [0, 0.1) is 0 Å². The summed E-state index contributed by atoms with van der Waals surface area (Å²) in [6, 6.07) is -1.00. The van der Waals surface area contributed by atoms with Crippen molar-refractivity contribution >= 4 is 5.91 Å². The van der Waals surface area contributed by atoms with E-state index >= 15 is 0 Å². The summed E-state index contributed by atoms with van der Waals surface area (Å²) in [6.45, 7) is 4.05. The first kappa shape index (κ1) is 53.8. The zero-order valence-electron chi connectivity index (χ0n) is 36.7. The lowest BCUT2D eigenvalue weighted by Crippen LogP contribution is -2.53. The molecule has 55 heavy (non-hydrogen) atoms. The van der Waals surface area contributed by atoms with E-state index in [1.165, 1.54) is 186 Å². The molecule has 4 unspecified atom stereocenters. The molecule has 5 N–H and O–H groups in total. The van der Waals surface area contributed by atoms with Crippen LogP contribution in [-0.2, 0) is 4.79 Å². The van der Waals surface area contributed by atoms with Gasteiger partial charge in [-0.3, -0.25) is 4.79 Å². The molecule has 0 saturated carbocycles. The highest BCUT2D eigenvalue weighted by Crippen LogP contribution is 2.16. The topological polar surface area (TPSA) is 110 Å². The van der Waals surface area contributed by atoms with Gasteiger partial charge in [0, 0.05) is 0 Å². The fourth-order valence-corrected chi connectivity index (χ4v) is 7.52. The summed E-state index contributed by atoms with van der Waals surface area (Å²) in [7, 11) is 0. The van der Waals surface area contributed by atoms with E-state index in [-0.39, 0.29) is 0 Å². The van der Waals surface area contributed by atoms with Gasteiger partial charge in [-0.2, -0.15) is 0 Å². The van der Waals surface area contributed by atoms with Crippen molar-refractivity contribution < 1.29 is 25.2 Å². The Hall–Kier alpha value is -1.21. The Morgan fingerprint density at radius 3 is 1.09 bits per heavy atom. The Kier molecular flexibility index (Phi) is 42.9. The minimum atomic E-state index is -1.28. The van der Waals surface area contributed by atoms with Crippen molar-refractivity contribution in [2.45, 2.75) is 276 Å². The van der Waals surface area contributed by atoms with Gasteiger partial charge >= 0.3 is 0 Å². The second-order valence-corrected chi connectivity index (χ2v) is 16.8. The number of hydrogen-bond donors (Lipinski definition) is 5. The molecule has 0 heterocycles. The molecule has 0 fully saturated rings. The van der Waals surface area contributed by atoms with Crippen LogP contribution in [0.1, 0.15) is 251 Å². The molecule has 0 aromatic rings. The number of aliphatic hydroxyl groups is 4. The normalized spacial score (nSPS) is 14.2. The number of hydrogen-bond acceptors (Lipinski definition) is 5. The molecule has 0 rings (SSSR count).